The first-order valence-electron chi connectivity index (χ1n) is 7.44. The Morgan fingerprint density at radius 1 is 1.29 bits per heavy atom. The maximum atomic E-state index is 13.9. The van der Waals surface area contributed by atoms with Crippen molar-refractivity contribution >= 4 is 28.0 Å². The van der Waals surface area contributed by atoms with Crippen LogP contribution in [0, 0.1) is 11.7 Å². The standard InChI is InChI=1S/C15H17ClFNO4S.CH4/c16-12-8-11(15(19)18-23(20)21)13(17)9-14(12)22-7-6-10-4-2-1-3-5-10;/h8-10H,1-7H2;1H4. The largest absolute Gasteiger partial charge is 0.492 e. The minimum atomic E-state index is -2.94. The van der Waals surface area contributed by atoms with Crippen LogP contribution in [0.15, 0.2) is 16.5 Å². The summed E-state index contributed by atoms with van der Waals surface area (Å²) in [6.07, 6.45) is 7.01. The lowest BCUT2D eigenvalue weighted by Gasteiger charge is -2.21. The van der Waals surface area contributed by atoms with Gasteiger partial charge in [-0.05, 0) is 18.4 Å². The van der Waals surface area contributed by atoms with Gasteiger partial charge in [-0.2, -0.15) is 8.42 Å². The molecule has 1 fully saturated rings. The fourth-order valence-corrected chi connectivity index (χ4v) is 3.18. The van der Waals surface area contributed by atoms with E-state index in [9.17, 15) is 17.6 Å². The van der Waals surface area contributed by atoms with Crippen molar-refractivity contribution in [2.24, 2.45) is 10.3 Å². The molecule has 2 rings (SSSR count). The molecule has 0 aromatic heterocycles. The summed E-state index contributed by atoms with van der Waals surface area (Å²) >= 11 is 5.96. The number of rotatable bonds is 5. The van der Waals surface area contributed by atoms with Crippen LogP contribution in [0.25, 0.3) is 0 Å². The van der Waals surface area contributed by atoms with Crippen LogP contribution in [0.2, 0.25) is 5.02 Å². The molecule has 0 aliphatic heterocycles. The third-order valence-electron chi connectivity index (χ3n) is 3.92. The number of carbonyl (C=O) groups is 1. The Morgan fingerprint density at radius 2 is 1.96 bits per heavy atom. The van der Waals surface area contributed by atoms with Crippen LogP contribution in [0.3, 0.4) is 0 Å². The summed E-state index contributed by atoms with van der Waals surface area (Å²) in [6.45, 7) is 0.423. The van der Waals surface area contributed by atoms with Gasteiger partial charge in [-0.1, -0.05) is 55.5 Å². The van der Waals surface area contributed by atoms with Crippen molar-refractivity contribution in [3.8, 4) is 5.75 Å². The van der Waals surface area contributed by atoms with Crippen LogP contribution in [0.4, 0.5) is 4.39 Å². The summed E-state index contributed by atoms with van der Waals surface area (Å²) in [4.78, 5) is 11.5. The Hall–Kier alpha value is -1.47. The van der Waals surface area contributed by atoms with E-state index in [-0.39, 0.29) is 18.2 Å². The average Bonchev–Trinajstić information content (AvgIpc) is 2.50. The second kappa shape index (κ2) is 9.74. The summed E-state index contributed by atoms with van der Waals surface area (Å²) in [6, 6.07) is 2.02. The number of amides is 1. The van der Waals surface area contributed by atoms with Crippen LogP contribution in [0.5, 0.6) is 5.75 Å². The fraction of sp³-hybridized carbons (Fsp3) is 0.562. The van der Waals surface area contributed by atoms with Gasteiger partial charge in [0.1, 0.15) is 11.6 Å². The maximum absolute atomic E-state index is 13.9. The van der Waals surface area contributed by atoms with Gasteiger partial charge in [-0.25, -0.2) is 4.39 Å². The second-order valence-electron chi connectivity index (χ2n) is 5.52. The molecule has 0 heterocycles. The first-order chi connectivity index (χ1) is 11.0. The molecule has 134 valence electrons. The molecule has 0 unspecified atom stereocenters. The molecule has 1 saturated carbocycles. The number of hydrogen-bond donors (Lipinski definition) is 0. The molecule has 1 aliphatic rings. The van der Waals surface area contributed by atoms with E-state index in [0.29, 0.717) is 12.5 Å². The van der Waals surface area contributed by atoms with Gasteiger partial charge in [0, 0.05) is 6.07 Å². The van der Waals surface area contributed by atoms with Gasteiger partial charge < -0.3 is 4.74 Å². The molecule has 0 saturated heterocycles. The highest BCUT2D eigenvalue weighted by atomic mass is 35.5. The molecule has 1 aromatic rings. The highest BCUT2D eigenvalue weighted by Crippen LogP contribution is 2.30. The van der Waals surface area contributed by atoms with E-state index in [1.165, 1.54) is 32.1 Å². The smallest absolute Gasteiger partial charge is 0.319 e. The summed E-state index contributed by atoms with van der Waals surface area (Å²) in [7, 11) is -2.94. The molecule has 1 aromatic carbocycles. The number of carbonyl (C=O) groups excluding carboxylic acids is 1. The Labute approximate surface area is 147 Å². The van der Waals surface area contributed by atoms with Gasteiger partial charge in [-0.15, -0.1) is 0 Å². The van der Waals surface area contributed by atoms with Crippen molar-refractivity contribution in [3.05, 3.63) is 28.5 Å². The van der Waals surface area contributed by atoms with E-state index in [1.54, 1.807) is 0 Å². The van der Waals surface area contributed by atoms with Gasteiger partial charge in [0.15, 0.2) is 0 Å². The van der Waals surface area contributed by atoms with E-state index in [2.05, 4.69) is 4.36 Å². The van der Waals surface area contributed by atoms with Crippen molar-refractivity contribution in [2.45, 2.75) is 46.0 Å². The van der Waals surface area contributed by atoms with E-state index in [1.807, 2.05) is 0 Å². The van der Waals surface area contributed by atoms with Gasteiger partial charge in [0.05, 0.1) is 17.2 Å². The monoisotopic (exact) mass is 377 g/mol. The molecular weight excluding hydrogens is 357 g/mol. The minimum Gasteiger partial charge on any atom is -0.492 e. The highest BCUT2D eigenvalue weighted by Gasteiger charge is 2.17. The lowest BCUT2D eigenvalue weighted by Crippen LogP contribution is -2.11. The molecule has 0 atom stereocenters. The Balaban J connectivity index is 0.00000288. The molecule has 24 heavy (non-hydrogen) atoms. The predicted molar refractivity (Wildman–Crippen MR) is 90.5 cm³/mol. The van der Waals surface area contributed by atoms with E-state index >= 15 is 0 Å². The van der Waals surface area contributed by atoms with Crippen LogP contribution in [-0.4, -0.2) is 20.9 Å². The zero-order valence-electron chi connectivity index (χ0n) is 12.4. The summed E-state index contributed by atoms with van der Waals surface area (Å²) < 4.78 is 42.9. The van der Waals surface area contributed by atoms with Crippen molar-refractivity contribution in [1.29, 1.82) is 0 Å². The molecule has 0 radical (unpaired) electrons. The molecule has 0 N–H and O–H groups in total. The second-order valence-corrected chi connectivity index (χ2v) is 6.54. The minimum absolute atomic E-state index is 0. The first-order valence-corrected chi connectivity index (χ1v) is 8.85. The molecule has 0 spiro atoms. The SMILES string of the molecule is C.O=C(N=S(=O)=O)c1cc(Cl)c(OCCC2CCCCC2)cc1F. The van der Waals surface area contributed by atoms with Crippen LogP contribution in [-0.2, 0) is 10.5 Å². The lowest BCUT2D eigenvalue weighted by atomic mass is 9.87. The Bertz CT molecular complexity index is 707. The predicted octanol–water partition coefficient (Wildman–Crippen LogP) is 4.67. The molecule has 8 heteroatoms. The van der Waals surface area contributed by atoms with Gasteiger partial charge in [-0.3, -0.25) is 4.79 Å². The zero-order chi connectivity index (χ0) is 16.8. The Morgan fingerprint density at radius 3 is 2.58 bits per heavy atom. The average molecular weight is 378 g/mol. The first kappa shape index (κ1) is 20.6. The van der Waals surface area contributed by atoms with Crippen molar-refractivity contribution in [3.63, 3.8) is 0 Å². The van der Waals surface area contributed by atoms with E-state index in [0.717, 1.165) is 18.6 Å². The third-order valence-corrected chi connectivity index (χ3v) is 4.53. The van der Waals surface area contributed by atoms with E-state index in [4.69, 9.17) is 16.3 Å². The van der Waals surface area contributed by atoms with Crippen LogP contribution >= 0.6 is 11.6 Å². The molecule has 1 aliphatic carbocycles. The van der Waals surface area contributed by atoms with Crippen molar-refractivity contribution < 1.29 is 22.3 Å². The van der Waals surface area contributed by atoms with Crippen molar-refractivity contribution in [2.75, 3.05) is 6.61 Å². The van der Waals surface area contributed by atoms with Crippen LogP contribution in [0.1, 0.15) is 56.3 Å². The molecule has 1 amide bonds. The number of benzene rings is 1. The molecule has 0 bridgehead atoms. The topological polar surface area (TPSA) is 72.8 Å². The number of hydrogen-bond acceptors (Lipinski definition) is 4. The number of ether oxygens (including phenoxy) is 1. The summed E-state index contributed by atoms with van der Waals surface area (Å²) in [5, 5.41) is 0.0466. The van der Waals surface area contributed by atoms with Crippen LogP contribution < -0.4 is 4.74 Å². The number of halogens is 2. The van der Waals surface area contributed by atoms with Gasteiger partial charge in [0.25, 0.3) is 5.91 Å². The quantitative estimate of drug-likeness (QED) is 0.747. The maximum Gasteiger partial charge on any atom is 0.319 e. The molecule has 5 nitrogen and oxygen atoms in total. The van der Waals surface area contributed by atoms with Crippen molar-refractivity contribution in [1.82, 2.24) is 0 Å². The molecular formula is C16H21ClFNO4S. The zero-order valence-corrected chi connectivity index (χ0v) is 14.0. The van der Waals surface area contributed by atoms with E-state index < -0.39 is 27.8 Å². The fourth-order valence-electron chi connectivity index (χ4n) is 2.73. The van der Waals surface area contributed by atoms with Gasteiger partial charge in [0.2, 0.25) is 0 Å². The number of nitrogens with zero attached hydrogens (tertiary/aromatic N) is 1. The van der Waals surface area contributed by atoms with Gasteiger partial charge >= 0.3 is 10.5 Å². The highest BCUT2D eigenvalue weighted by molar-refractivity contribution is 7.62. The summed E-state index contributed by atoms with van der Waals surface area (Å²) in [5.41, 5.74) is -0.501. The summed E-state index contributed by atoms with van der Waals surface area (Å²) in [5.74, 6) is -1.36. The lowest BCUT2D eigenvalue weighted by molar-refractivity contribution is 0.100. The normalized spacial score (nSPS) is 14.6. The Kier molecular flexibility index (Phi) is 8.35. The third kappa shape index (κ3) is 5.87.